The number of imide groups is 1. The van der Waals surface area contributed by atoms with E-state index < -0.39 is 6.04 Å². The van der Waals surface area contributed by atoms with Crippen LogP contribution in [0.25, 0.3) is 0 Å². The lowest BCUT2D eigenvalue weighted by molar-refractivity contribution is -0.128. The summed E-state index contributed by atoms with van der Waals surface area (Å²) in [6.45, 7) is 6.60. The van der Waals surface area contributed by atoms with E-state index in [4.69, 9.17) is 4.74 Å². The van der Waals surface area contributed by atoms with E-state index >= 15 is 0 Å². The Morgan fingerprint density at radius 2 is 2.00 bits per heavy atom. The Labute approximate surface area is 125 Å². The Kier molecular flexibility index (Phi) is 4.83. The van der Waals surface area contributed by atoms with E-state index in [2.05, 4.69) is 5.32 Å². The van der Waals surface area contributed by atoms with Gasteiger partial charge in [-0.05, 0) is 30.9 Å². The van der Waals surface area contributed by atoms with Gasteiger partial charge in [-0.15, -0.1) is 0 Å². The molecule has 0 bridgehead atoms. The van der Waals surface area contributed by atoms with E-state index in [9.17, 15) is 9.59 Å². The molecule has 0 aliphatic carbocycles. The van der Waals surface area contributed by atoms with Gasteiger partial charge in [0, 0.05) is 0 Å². The van der Waals surface area contributed by atoms with E-state index in [-0.39, 0.29) is 18.5 Å². The molecule has 0 saturated carbocycles. The van der Waals surface area contributed by atoms with Crippen molar-refractivity contribution >= 4 is 11.9 Å². The van der Waals surface area contributed by atoms with E-state index in [1.54, 1.807) is 0 Å². The minimum absolute atomic E-state index is 0.151. The molecule has 1 unspecified atom stereocenters. The van der Waals surface area contributed by atoms with E-state index in [1.165, 1.54) is 4.90 Å². The Hall–Kier alpha value is -2.04. The van der Waals surface area contributed by atoms with Crippen molar-refractivity contribution in [2.24, 2.45) is 5.92 Å². The summed E-state index contributed by atoms with van der Waals surface area (Å²) in [6.07, 6.45) is 0.666. The van der Waals surface area contributed by atoms with Gasteiger partial charge in [-0.25, -0.2) is 4.79 Å². The van der Waals surface area contributed by atoms with Crippen molar-refractivity contribution in [2.75, 3.05) is 13.2 Å². The maximum atomic E-state index is 12.1. The average Bonchev–Trinajstić information content (AvgIpc) is 2.67. The second-order valence-electron chi connectivity index (χ2n) is 5.74. The molecule has 0 radical (unpaired) electrons. The predicted octanol–water partition coefficient (Wildman–Crippen LogP) is 2.34. The first-order chi connectivity index (χ1) is 9.99. The second kappa shape index (κ2) is 6.61. The normalized spacial score (nSPS) is 18.3. The quantitative estimate of drug-likeness (QED) is 0.818. The Morgan fingerprint density at radius 3 is 2.67 bits per heavy atom. The molecule has 114 valence electrons. The van der Waals surface area contributed by atoms with Crippen molar-refractivity contribution in [1.29, 1.82) is 0 Å². The number of ether oxygens (including phenoxy) is 1. The van der Waals surface area contributed by atoms with Gasteiger partial charge >= 0.3 is 6.03 Å². The molecule has 1 atom stereocenters. The van der Waals surface area contributed by atoms with Crippen LogP contribution in [-0.4, -0.2) is 36.0 Å². The Balaban J connectivity index is 1.87. The predicted molar refractivity (Wildman–Crippen MR) is 80.2 cm³/mol. The average molecular weight is 290 g/mol. The summed E-state index contributed by atoms with van der Waals surface area (Å²) in [5.74, 6) is 0.993. The summed E-state index contributed by atoms with van der Waals surface area (Å²) in [4.78, 5) is 25.2. The monoisotopic (exact) mass is 290 g/mol. The zero-order valence-corrected chi connectivity index (χ0v) is 12.8. The molecule has 0 aromatic heterocycles. The highest BCUT2D eigenvalue weighted by molar-refractivity contribution is 6.04. The number of carbonyl (C=O) groups is 2. The molecular formula is C16H22N2O3. The third-order valence-corrected chi connectivity index (χ3v) is 3.48. The van der Waals surface area contributed by atoms with Crippen LogP contribution in [0.2, 0.25) is 0 Å². The molecule has 1 aliphatic rings. The van der Waals surface area contributed by atoms with Gasteiger partial charge in [0.05, 0.1) is 6.54 Å². The summed E-state index contributed by atoms with van der Waals surface area (Å²) >= 11 is 0. The summed E-state index contributed by atoms with van der Waals surface area (Å²) in [7, 11) is 0. The molecule has 5 nitrogen and oxygen atoms in total. The molecule has 2 rings (SSSR count). The van der Waals surface area contributed by atoms with Gasteiger partial charge in [0.15, 0.2) is 0 Å². The fourth-order valence-electron chi connectivity index (χ4n) is 2.39. The number of benzene rings is 1. The summed E-state index contributed by atoms with van der Waals surface area (Å²) in [6, 6.07) is 6.96. The van der Waals surface area contributed by atoms with Crippen LogP contribution in [0.5, 0.6) is 5.75 Å². The summed E-state index contributed by atoms with van der Waals surface area (Å²) in [5.41, 5.74) is 1.03. The molecule has 5 heteroatoms. The van der Waals surface area contributed by atoms with Crippen molar-refractivity contribution in [3.05, 3.63) is 29.8 Å². The number of nitrogens with one attached hydrogen (secondary N) is 1. The Morgan fingerprint density at radius 1 is 1.29 bits per heavy atom. The molecule has 0 spiro atoms. The summed E-state index contributed by atoms with van der Waals surface area (Å²) < 4.78 is 5.64. The van der Waals surface area contributed by atoms with Gasteiger partial charge < -0.3 is 10.1 Å². The van der Waals surface area contributed by atoms with Gasteiger partial charge in [0.1, 0.15) is 18.4 Å². The first-order valence-electron chi connectivity index (χ1n) is 7.29. The van der Waals surface area contributed by atoms with Gasteiger partial charge in [0.2, 0.25) is 0 Å². The topological polar surface area (TPSA) is 58.6 Å². The number of para-hydroxylation sites is 1. The number of amides is 3. The lowest BCUT2D eigenvalue weighted by atomic mass is 10.0. The molecule has 1 saturated heterocycles. The van der Waals surface area contributed by atoms with Crippen molar-refractivity contribution in [3.63, 3.8) is 0 Å². The van der Waals surface area contributed by atoms with E-state index in [0.29, 0.717) is 18.9 Å². The molecule has 3 amide bonds. The molecule has 1 N–H and O–H groups in total. The molecule has 1 aromatic carbocycles. The highest BCUT2D eigenvalue weighted by atomic mass is 16.5. The van der Waals surface area contributed by atoms with Gasteiger partial charge in [-0.3, -0.25) is 9.69 Å². The molecular weight excluding hydrogens is 268 g/mol. The van der Waals surface area contributed by atoms with Gasteiger partial charge in [-0.1, -0.05) is 32.0 Å². The molecule has 1 aliphatic heterocycles. The van der Waals surface area contributed by atoms with Gasteiger partial charge in [-0.2, -0.15) is 0 Å². The lowest BCUT2D eigenvalue weighted by Gasteiger charge is -2.15. The number of rotatable bonds is 6. The Bertz CT molecular complexity index is 528. The zero-order valence-electron chi connectivity index (χ0n) is 12.8. The first-order valence-corrected chi connectivity index (χ1v) is 7.29. The van der Waals surface area contributed by atoms with E-state index in [0.717, 1.165) is 11.3 Å². The van der Waals surface area contributed by atoms with Crippen molar-refractivity contribution in [3.8, 4) is 5.75 Å². The fourth-order valence-corrected chi connectivity index (χ4v) is 2.39. The van der Waals surface area contributed by atoms with Crippen molar-refractivity contribution < 1.29 is 14.3 Å². The van der Waals surface area contributed by atoms with E-state index in [1.807, 2.05) is 45.0 Å². The zero-order chi connectivity index (χ0) is 15.4. The second-order valence-corrected chi connectivity index (χ2v) is 5.74. The van der Waals surface area contributed by atoms with Crippen LogP contribution < -0.4 is 10.1 Å². The highest BCUT2D eigenvalue weighted by Gasteiger charge is 2.37. The van der Waals surface area contributed by atoms with Crippen LogP contribution in [0.1, 0.15) is 25.8 Å². The molecule has 1 heterocycles. The third kappa shape index (κ3) is 3.74. The van der Waals surface area contributed by atoms with Crippen LogP contribution in [-0.2, 0) is 4.79 Å². The van der Waals surface area contributed by atoms with Crippen LogP contribution in [0.3, 0.4) is 0 Å². The first kappa shape index (κ1) is 15.4. The van der Waals surface area contributed by atoms with Crippen molar-refractivity contribution in [2.45, 2.75) is 33.2 Å². The number of nitrogens with zero attached hydrogens (tertiary/aromatic N) is 1. The van der Waals surface area contributed by atoms with Crippen LogP contribution in [0.15, 0.2) is 24.3 Å². The number of hydrogen-bond acceptors (Lipinski definition) is 3. The number of aryl methyl sites for hydroxylation is 1. The third-order valence-electron chi connectivity index (χ3n) is 3.48. The SMILES string of the molecule is Cc1ccccc1OCCN1C(=O)NC(CC(C)C)C1=O. The lowest BCUT2D eigenvalue weighted by Crippen LogP contribution is -2.35. The minimum Gasteiger partial charge on any atom is -0.491 e. The molecule has 1 fully saturated rings. The number of carbonyl (C=O) groups excluding carboxylic acids is 2. The standard InChI is InChI=1S/C16H22N2O3/c1-11(2)10-13-15(19)18(16(20)17-13)8-9-21-14-7-5-4-6-12(14)3/h4-7,11,13H,8-10H2,1-3H3,(H,17,20). The van der Waals surface area contributed by atoms with Crippen LogP contribution >= 0.6 is 0 Å². The number of hydrogen-bond donors (Lipinski definition) is 1. The maximum Gasteiger partial charge on any atom is 0.324 e. The van der Waals surface area contributed by atoms with Gasteiger partial charge in [0.25, 0.3) is 5.91 Å². The smallest absolute Gasteiger partial charge is 0.324 e. The molecule has 21 heavy (non-hydrogen) atoms. The fraction of sp³-hybridized carbons (Fsp3) is 0.500. The van der Waals surface area contributed by atoms with Crippen LogP contribution in [0.4, 0.5) is 4.79 Å². The van der Waals surface area contributed by atoms with Crippen molar-refractivity contribution in [1.82, 2.24) is 10.2 Å². The summed E-state index contributed by atoms with van der Waals surface area (Å²) in [5, 5.41) is 2.73. The largest absolute Gasteiger partial charge is 0.491 e. The van der Waals surface area contributed by atoms with Crippen LogP contribution in [0, 0.1) is 12.8 Å². The highest BCUT2D eigenvalue weighted by Crippen LogP contribution is 2.17. The maximum absolute atomic E-state index is 12.1. The molecule has 1 aromatic rings. The minimum atomic E-state index is -0.393. The number of urea groups is 1.